The average Bonchev–Trinajstić information content (AvgIpc) is 3.42. The van der Waals surface area contributed by atoms with Gasteiger partial charge >= 0.3 is 12.1 Å². The lowest BCUT2D eigenvalue weighted by Gasteiger charge is -2.47. The lowest BCUT2D eigenvalue weighted by Crippen LogP contribution is -2.61. The minimum atomic E-state index is -1.69. The molecule has 2 N–H and O–H groups in total. The summed E-state index contributed by atoms with van der Waals surface area (Å²) in [6, 6.07) is 3.92. The maximum absolute atomic E-state index is 14.6. The molecule has 0 saturated carbocycles. The number of aliphatic hydroxyl groups excluding tert-OH is 1. The standard InChI is InChI=1S/C40H58N4O13/c1-12-29-40(8)34(43(38(50)57-40)41-30(45)18-15-26-13-16-27(17-14-26)44(51)52)23(4)31(46)21(2)20-39(7,53-11)35(24(5)32(47)25(6)36(49)55-29)56-37-33(48)28(42(9)10)19-22(3)54-37/h13-18,21-25,28-29,33-35,37,48H,12,19-20H2,1-11H3,(H,41,45)/b18-15+/t21-,22-,23-,24+,25-,28+,29+,33-,34-,35-,37+,39-,40-/m1/s1. The van der Waals surface area contributed by atoms with Gasteiger partial charge in [0.15, 0.2) is 17.7 Å². The van der Waals surface area contributed by atoms with Crippen molar-refractivity contribution in [1.82, 2.24) is 15.3 Å². The van der Waals surface area contributed by atoms with Crippen molar-refractivity contribution in [2.24, 2.45) is 23.7 Å². The lowest BCUT2D eigenvalue weighted by atomic mass is 9.73. The number of aliphatic hydroxyl groups is 1. The van der Waals surface area contributed by atoms with Crippen molar-refractivity contribution in [3.63, 3.8) is 0 Å². The second-order valence-corrected chi connectivity index (χ2v) is 16.2. The van der Waals surface area contributed by atoms with E-state index in [4.69, 9.17) is 23.7 Å². The maximum Gasteiger partial charge on any atom is 0.429 e. The number of nitro groups is 1. The second kappa shape index (κ2) is 18.1. The third-order valence-corrected chi connectivity index (χ3v) is 11.8. The highest BCUT2D eigenvalue weighted by atomic mass is 16.7. The Balaban J connectivity index is 1.74. The Morgan fingerprint density at radius 2 is 1.70 bits per heavy atom. The topological polar surface area (TPSA) is 213 Å². The number of carbonyl (C=O) groups is 5. The van der Waals surface area contributed by atoms with Gasteiger partial charge in [-0.25, -0.2) is 9.80 Å². The highest BCUT2D eigenvalue weighted by molar-refractivity contribution is 6.00. The van der Waals surface area contributed by atoms with Gasteiger partial charge in [-0.3, -0.25) is 34.7 Å². The van der Waals surface area contributed by atoms with E-state index in [0.29, 0.717) is 12.0 Å². The molecule has 316 valence electrons. The van der Waals surface area contributed by atoms with E-state index in [0.717, 1.165) is 11.1 Å². The Kier molecular flexibility index (Phi) is 14.4. The molecule has 0 aliphatic carbocycles. The summed E-state index contributed by atoms with van der Waals surface area (Å²) in [6.45, 7) is 13.1. The van der Waals surface area contributed by atoms with E-state index in [1.54, 1.807) is 34.6 Å². The predicted octanol–water partition coefficient (Wildman–Crippen LogP) is 3.84. The summed E-state index contributed by atoms with van der Waals surface area (Å²) < 4.78 is 30.6. The van der Waals surface area contributed by atoms with Crippen LogP contribution in [0.15, 0.2) is 30.3 Å². The highest BCUT2D eigenvalue weighted by Gasteiger charge is 2.61. The summed E-state index contributed by atoms with van der Waals surface area (Å²) in [5.74, 6) is -6.76. The smallest absolute Gasteiger partial charge is 0.429 e. The van der Waals surface area contributed by atoms with Crippen LogP contribution in [-0.4, -0.2) is 125 Å². The van der Waals surface area contributed by atoms with Gasteiger partial charge in [0, 0.05) is 49.1 Å². The molecular formula is C40H58N4O13. The molecule has 4 rings (SSSR count). The van der Waals surface area contributed by atoms with Gasteiger partial charge in [-0.15, -0.1) is 0 Å². The first-order valence-electron chi connectivity index (χ1n) is 19.3. The Bertz CT molecular complexity index is 1700. The number of nitrogens with zero attached hydrogens (tertiary/aromatic N) is 3. The van der Waals surface area contributed by atoms with Crippen LogP contribution in [0.5, 0.6) is 0 Å². The number of hydrazine groups is 1. The van der Waals surface area contributed by atoms with Gasteiger partial charge in [0.1, 0.15) is 30.0 Å². The Labute approximate surface area is 333 Å². The fourth-order valence-electron chi connectivity index (χ4n) is 8.52. The number of hydrogen-bond donors (Lipinski definition) is 2. The number of nitro benzene ring substituents is 1. The SMILES string of the molecule is CC[C@@H]1OC(=O)[C@H](C)C(=O)[C@H](C)[C@@H](O[C@@H]2O[C@H](C)C[C@H](N(C)C)[C@H]2O)[C@](C)(OC)C[C@@H](C)C(=O)[C@@H](C)[C@H]2N(NC(=O)/C=C/c3ccc([N+](=O)[O-])cc3)C(=O)O[C@]12C. The Morgan fingerprint density at radius 1 is 1.07 bits per heavy atom. The number of hydrogen-bond acceptors (Lipinski definition) is 14. The fourth-order valence-corrected chi connectivity index (χ4v) is 8.52. The number of rotatable bonds is 9. The molecule has 0 radical (unpaired) electrons. The molecule has 0 unspecified atom stereocenters. The maximum atomic E-state index is 14.6. The first-order chi connectivity index (χ1) is 26.6. The predicted molar refractivity (Wildman–Crippen MR) is 205 cm³/mol. The molecule has 2 amide bonds. The molecule has 3 aliphatic heterocycles. The minimum absolute atomic E-state index is 0.00302. The molecule has 0 spiro atoms. The number of esters is 1. The molecule has 0 bridgehead atoms. The molecule has 0 aromatic heterocycles. The molecule has 1 aromatic rings. The fraction of sp³-hybridized carbons (Fsp3) is 0.675. The normalized spacial score (nSPS) is 37.1. The quantitative estimate of drug-likeness (QED) is 0.119. The number of fused-ring (bicyclic) bond motifs is 1. The number of ketones is 2. The summed E-state index contributed by atoms with van der Waals surface area (Å²) in [7, 11) is 5.09. The minimum Gasteiger partial charge on any atom is -0.457 e. The first-order valence-corrected chi connectivity index (χ1v) is 19.3. The van der Waals surface area contributed by atoms with E-state index in [1.807, 2.05) is 25.9 Å². The molecule has 3 heterocycles. The molecular weight excluding hydrogens is 744 g/mol. The number of likely N-dealkylation sites (N-methyl/N-ethyl adjacent to an activating group) is 1. The van der Waals surface area contributed by atoms with Crippen LogP contribution in [0.4, 0.5) is 10.5 Å². The van der Waals surface area contributed by atoms with E-state index < -0.39 is 94.2 Å². The van der Waals surface area contributed by atoms with Crippen molar-refractivity contribution >= 4 is 41.3 Å². The molecule has 13 atom stereocenters. The monoisotopic (exact) mass is 802 g/mol. The van der Waals surface area contributed by atoms with Crippen molar-refractivity contribution in [2.75, 3.05) is 21.2 Å². The van der Waals surface area contributed by atoms with Crippen molar-refractivity contribution in [3.8, 4) is 0 Å². The zero-order chi connectivity index (χ0) is 42.7. The largest absolute Gasteiger partial charge is 0.457 e. The number of Topliss-reactive ketones (excluding diaryl/α,β-unsaturated/α-hetero) is 2. The molecule has 17 nitrogen and oxygen atoms in total. The number of carbonyl (C=O) groups excluding carboxylic acids is 5. The molecule has 3 saturated heterocycles. The van der Waals surface area contributed by atoms with Crippen LogP contribution in [0.25, 0.3) is 6.08 Å². The summed E-state index contributed by atoms with van der Waals surface area (Å²) in [5.41, 5.74) is -0.197. The van der Waals surface area contributed by atoms with Gasteiger partial charge < -0.3 is 33.7 Å². The molecule has 57 heavy (non-hydrogen) atoms. The van der Waals surface area contributed by atoms with E-state index in [2.05, 4.69) is 5.43 Å². The number of benzene rings is 1. The van der Waals surface area contributed by atoms with Gasteiger partial charge in [0.05, 0.1) is 22.7 Å². The second-order valence-electron chi connectivity index (χ2n) is 16.2. The van der Waals surface area contributed by atoms with Crippen molar-refractivity contribution in [3.05, 3.63) is 46.0 Å². The third-order valence-electron chi connectivity index (χ3n) is 11.8. The van der Waals surface area contributed by atoms with Crippen LogP contribution in [-0.2, 0) is 42.9 Å². The number of ether oxygens (including phenoxy) is 5. The average molecular weight is 803 g/mol. The summed E-state index contributed by atoms with van der Waals surface area (Å²) in [4.78, 5) is 82.0. The van der Waals surface area contributed by atoms with Crippen LogP contribution in [0.3, 0.4) is 0 Å². The van der Waals surface area contributed by atoms with Gasteiger partial charge in [-0.05, 0) is 84.8 Å². The van der Waals surface area contributed by atoms with E-state index >= 15 is 0 Å². The zero-order valence-corrected chi connectivity index (χ0v) is 34.6. The van der Waals surface area contributed by atoms with Crippen molar-refractivity contribution in [1.29, 1.82) is 0 Å². The number of nitrogens with one attached hydrogen (secondary N) is 1. The van der Waals surface area contributed by atoms with Crippen LogP contribution in [0.2, 0.25) is 0 Å². The summed E-state index contributed by atoms with van der Waals surface area (Å²) in [5, 5.41) is 23.4. The third kappa shape index (κ3) is 9.54. The Morgan fingerprint density at radius 3 is 2.26 bits per heavy atom. The van der Waals surface area contributed by atoms with E-state index in [9.17, 15) is 39.2 Å². The van der Waals surface area contributed by atoms with E-state index in [1.165, 1.54) is 51.3 Å². The van der Waals surface area contributed by atoms with Gasteiger partial charge in [-0.1, -0.05) is 27.7 Å². The first kappa shape index (κ1) is 45.4. The Hall–Kier alpha value is -4.29. The van der Waals surface area contributed by atoms with Crippen molar-refractivity contribution in [2.45, 2.75) is 129 Å². The van der Waals surface area contributed by atoms with E-state index in [-0.39, 0.29) is 36.5 Å². The van der Waals surface area contributed by atoms with Gasteiger partial charge in [0.25, 0.3) is 11.6 Å². The van der Waals surface area contributed by atoms with Crippen LogP contribution >= 0.6 is 0 Å². The number of cyclic esters (lactones) is 1. The summed E-state index contributed by atoms with van der Waals surface area (Å²) >= 11 is 0. The molecule has 3 fully saturated rings. The van der Waals surface area contributed by atoms with Crippen molar-refractivity contribution < 1.29 is 57.7 Å². The number of non-ortho nitro benzene ring substituents is 1. The molecule has 1 aromatic carbocycles. The van der Waals surface area contributed by atoms with Crippen LogP contribution in [0, 0.1) is 33.8 Å². The zero-order valence-electron chi connectivity index (χ0n) is 34.6. The lowest BCUT2D eigenvalue weighted by molar-refractivity contribution is -0.384. The number of methoxy groups -OCH3 is 1. The highest BCUT2D eigenvalue weighted by Crippen LogP contribution is 2.42. The molecule has 17 heteroatoms. The van der Waals surface area contributed by atoms with Crippen LogP contribution in [0.1, 0.15) is 80.2 Å². The van der Waals surface area contributed by atoms with Gasteiger partial charge in [-0.2, -0.15) is 0 Å². The van der Waals surface area contributed by atoms with Crippen LogP contribution < -0.4 is 5.43 Å². The molecule has 3 aliphatic rings. The number of amides is 2. The summed E-state index contributed by atoms with van der Waals surface area (Å²) in [6.07, 6.45) is -2.75. The van der Waals surface area contributed by atoms with Gasteiger partial charge in [0.2, 0.25) is 0 Å².